The molecule has 1 heterocycles. The molecule has 0 unspecified atom stereocenters. The Labute approximate surface area is 81.6 Å². The molecule has 0 aliphatic carbocycles. The highest BCUT2D eigenvalue weighted by Crippen LogP contribution is 2.29. The molecule has 69 valence electrons. The van der Waals surface area contributed by atoms with E-state index in [4.69, 9.17) is 4.74 Å². The molecule has 0 saturated carbocycles. The van der Waals surface area contributed by atoms with E-state index in [1.165, 1.54) is 6.07 Å². The SMILES string of the molecule is [O]c1ccccc1Oc1ccncc1. The molecule has 1 radical (unpaired) electrons. The van der Waals surface area contributed by atoms with E-state index in [9.17, 15) is 5.11 Å². The molecule has 0 spiro atoms. The monoisotopic (exact) mass is 186 g/mol. The van der Waals surface area contributed by atoms with Crippen LogP contribution >= 0.6 is 0 Å². The fraction of sp³-hybridized carbons (Fsp3) is 0. The number of pyridine rings is 1. The Morgan fingerprint density at radius 1 is 1.00 bits per heavy atom. The number of para-hydroxylation sites is 2. The maximum atomic E-state index is 11.3. The van der Waals surface area contributed by atoms with Gasteiger partial charge in [0, 0.05) is 12.4 Å². The lowest BCUT2D eigenvalue weighted by Gasteiger charge is -2.04. The first kappa shape index (κ1) is 8.56. The van der Waals surface area contributed by atoms with Crippen molar-refractivity contribution in [1.29, 1.82) is 0 Å². The Balaban J connectivity index is 2.24. The first-order chi connectivity index (χ1) is 6.86. The molecule has 0 aliphatic heterocycles. The van der Waals surface area contributed by atoms with Crippen molar-refractivity contribution < 1.29 is 9.84 Å². The number of nitrogens with zero attached hydrogens (tertiary/aromatic N) is 1. The Bertz CT molecular complexity index is 415. The number of rotatable bonds is 2. The fourth-order valence-corrected chi connectivity index (χ4v) is 1.07. The molecule has 2 rings (SSSR count). The zero-order valence-corrected chi connectivity index (χ0v) is 7.38. The van der Waals surface area contributed by atoms with Crippen molar-refractivity contribution in [2.75, 3.05) is 0 Å². The van der Waals surface area contributed by atoms with Crippen LogP contribution in [-0.2, 0) is 5.11 Å². The molecular formula is C11H8NO2. The predicted molar refractivity (Wildman–Crippen MR) is 50.9 cm³/mol. The van der Waals surface area contributed by atoms with Gasteiger partial charge in [-0.25, -0.2) is 0 Å². The van der Waals surface area contributed by atoms with Gasteiger partial charge >= 0.3 is 0 Å². The molecular weight excluding hydrogens is 178 g/mol. The van der Waals surface area contributed by atoms with Crippen molar-refractivity contribution in [1.82, 2.24) is 4.98 Å². The quantitative estimate of drug-likeness (QED) is 0.723. The van der Waals surface area contributed by atoms with Gasteiger partial charge in [0.1, 0.15) is 5.75 Å². The number of hydrogen-bond donors (Lipinski definition) is 0. The third-order valence-electron chi connectivity index (χ3n) is 1.73. The zero-order valence-electron chi connectivity index (χ0n) is 7.38. The Kier molecular flexibility index (Phi) is 2.32. The average Bonchev–Trinajstić information content (AvgIpc) is 2.23. The molecule has 1 aromatic heterocycles. The highest BCUT2D eigenvalue weighted by Gasteiger charge is 2.02. The lowest BCUT2D eigenvalue weighted by atomic mass is 10.3. The van der Waals surface area contributed by atoms with Crippen molar-refractivity contribution in [3.8, 4) is 17.2 Å². The second-order valence-electron chi connectivity index (χ2n) is 2.73. The van der Waals surface area contributed by atoms with Crippen LogP contribution < -0.4 is 4.74 Å². The van der Waals surface area contributed by atoms with Gasteiger partial charge in [-0.15, -0.1) is 0 Å². The number of hydrogen-bond acceptors (Lipinski definition) is 2. The summed E-state index contributed by atoms with van der Waals surface area (Å²) in [5.41, 5.74) is 0. The van der Waals surface area contributed by atoms with Crippen LogP contribution in [-0.4, -0.2) is 4.98 Å². The topological polar surface area (TPSA) is 42.0 Å². The molecule has 0 aliphatic rings. The second kappa shape index (κ2) is 3.79. The summed E-state index contributed by atoms with van der Waals surface area (Å²) >= 11 is 0. The fourth-order valence-electron chi connectivity index (χ4n) is 1.07. The highest BCUT2D eigenvalue weighted by molar-refractivity contribution is 5.40. The van der Waals surface area contributed by atoms with E-state index < -0.39 is 0 Å². The average molecular weight is 186 g/mol. The minimum atomic E-state index is -0.121. The zero-order chi connectivity index (χ0) is 9.80. The third kappa shape index (κ3) is 1.82. The van der Waals surface area contributed by atoms with E-state index in [0.717, 1.165) is 0 Å². The summed E-state index contributed by atoms with van der Waals surface area (Å²) in [5.74, 6) is 0.825. The van der Waals surface area contributed by atoms with E-state index >= 15 is 0 Å². The summed E-state index contributed by atoms with van der Waals surface area (Å²) in [6.45, 7) is 0. The van der Waals surface area contributed by atoms with Crippen molar-refractivity contribution in [3.63, 3.8) is 0 Å². The van der Waals surface area contributed by atoms with Gasteiger partial charge in [-0.2, -0.15) is 0 Å². The van der Waals surface area contributed by atoms with Crippen LogP contribution in [0.3, 0.4) is 0 Å². The summed E-state index contributed by atoms with van der Waals surface area (Å²) in [7, 11) is 0. The molecule has 0 amide bonds. The van der Waals surface area contributed by atoms with Gasteiger partial charge < -0.3 is 4.74 Å². The van der Waals surface area contributed by atoms with Crippen LogP contribution in [0.2, 0.25) is 0 Å². The van der Waals surface area contributed by atoms with E-state index in [1.54, 1.807) is 42.7 Å². The lowest BCUT2D eigenvalue weighted by Crippen LogP contribution is -1.83. The van der Waals surface area contributed by atoms with Gasteiger partial charge in [-0.3, -0.25) is 10.1 Å². The van der Waals surface area contributed by atoms with Gasteiger partial charge in [0.05, 0.1) is 0 Å². The van der Waals surface area contributed by atoms with E-state index in [1.807, 2.05) is 0 Å². The molecule has 3 nitrogen and oxygen atoms in total. The normalized spacial score (nSPS) is 9.71. The smallest absolute Gasteiger partial charge is 0.221 e. The Morgan fingerprint density at radius 2 is 1.71 bits per heavy atom. The Hall–Kier alpha value is -2.03. The maximum Gasteiger partial charge on any atom is 0.221 e. The number of ether oxygens (including phenoxy) is 1. The summed E-state index contributed by atoms with van der Waals surface area (Å²) in [6.07, 6.45) is 3.23. The maximum absolute atomic E-state index is 11.3. The molecule has 0 saturated heterocycles. The standard InChI is InChI=1S/C11H8NO2/c13-10-3-1-2-4-11(10)14-9-5-7-12-8-6-9/h1-8H. The van der Waals surface area contributed by atoms with E-state index in [0.29, 0.717) is 11.5 Å². The largest absolute Gasteiger partial charge is 0.453 e. The molecule has 0 atom stereocenters. The summed E-state index contributed by atoms with van der Waals surface area (Å²) in [6, 6.07) is 9.96. The molecule has 2 aromatic rings. The van der Waals surface area contributed by atoms with Crippen LogP contribution in [0.5, 0.6) is 17.2 Å². The highest BCUT2D eigenvalue weighted by atomic mass is 16.5. The van der Waals surface area contributed by atoms with Crippen molar-refractivity contribution in [3.05, 3.63) is 48.8 Å². The summed E-state index contributed by atoms with van der Waals surface area (Å²) in [5, 5.41) is 11.3. The van der Waals surface area contributed by atoms with Crippen LogP contribution in [0.25, 0.3) is 0 Å². The van der Waals surface area contributed by atoms with E-state index in [-0.39, 0.29) is 5.75 Å². The van der Waals surface area contributed by atoms with Crippen LogP contribution in [0.4, 0.5) is 0 Å². The molecule has 3 heteroatoms. The first-order valence-electron chi connectivity index (χ1n) is 4.20. The van der Waals surface area contributed by atoms with Gasteiger partial charge in [-0.05, 0) is 24.3 Å². The third-order valence-corrected chi connectivity index (χ3v) is 1.73. The molecule has 0 bridgehead atoms. The van der Waals surface area contributed by atoms with Crippen molar-refractivity contribution in [2.24, 2.45) is 0 Å². The number of benzene rings is 1. The van der Waals surface area contributed by atoms with Crippen molar-refractivity contribution in [2.45, 2.75) is 0 Å². The van der Waals surface area contributed by atoms with Gasteiger partial charge in [0.2, 0.25) is 5.75 Å². The number of aromatic nitrogens is 1. The van der Waals surface area contributed by atoms with Crippen LogP contribution in [0, 0.1) is 0 Å². The second-order valence-corrected chi connectivity index (χ2v) is 2.73. The predicted octanol–water partition coefficient (Wildman–Crippen LogP) is 3.02. The Morgan fingerprint density at radius 3 is 2.43 bits per heavy atom. The molecule has 14 heavy (non-hydrogen) atoms. The van der Waals surface area contributed by atoms with Crippen LogP contribution in [0.1, 0.15) is 0 Å². The van der Waals surface area contributed by atoms with Gasteiger partial charge in [-0.1, -0.05) is 12.1 Å². The minimum Gasteiger partial charge on any atom is -0.453 e. The van der Waals surface area contributed by atoms with Gasteiger partial charge in [0.15, 0.2) is 5.75 Å². The summed E-state index contributed by atoms with van der Waals surface area (Å²) in [4.78, 5) is 3.85. The summed E-state index contributed by atoms with van der Waals surface area (Å²) < 4.78 is 5.36. The molecule has 0 N–H and O–H groups in total. The molecule has 0 fully saturated rings. The minimum absolute atomic E-state index is 0.121. The van der Waals surface area contributed by atoms with Crippen LogP contribution in [0.15, 0.2) is 48.8 Å². The lowest BCUT2D eigenvalue weighted by molar-refractivity contribution is 0.329. The first-order valence-corrected chi connectivity index (χ1v) is 4.20. The van der Waals surface area contributed by atoms with Crippen molar-refractivity contribution >= 4 is 0 Å². The van der Waals surface area contributed by atoms with E-state index in [2.05, 4.69) is 4.98 Å². The van der Waals surface area contributed by atoms with Gasteiger partial charge in [0.25, 0.3) is 0 Å². The molecule has 1 aromatic carbocycles.